The maximum absolute atomic E-state index is 6.48. The van der Waals surface area contributed by atoms with E-state index in [2.05, 4.69) is 108 Å². The molecule has 3 heteroatoms. The summed E-state index contributed by atoms with van der Waals surface area (Å²) in [4.78, 5) is 0. The van der Waals surface area contributed by atoms with E-state index in [0.29, 0.717) is 0 Å². The van der Waals surface area contributed by atoms with Gasteiger partial charge in [-0.3, -0.25) is 0 Å². The highest BCUT2D eigenvalue weighted by atomic mass is 32.1. The van der Waals surface area contributed by atoms with Crippen LogP contribution in [0.15, 0.2) is 97.1 Å². The van der Waals surface area contributed by atoms with Gasteiger partial charge in [0.15, 0.2) is 0 Å². The fourth-order valence-corrected chi connectivity index (χ4v) is 6.61. The Balaban J connectivity index is 1.45. The molecule has 2 aromatic heterocycles. The lowest BCUT2D eigenvalue weighted by molar-refractivity contribution is 0.823. The molecule has 2 aliphatic carbocycles. The third kappa shape index (κ3) is 2.98. The second-order valence-corrected chi connectivity index (χ2v) is 10.2. The van der Waals surface area contributed by atoms with Crippen LogP contribution in [0.25, 0.3) is 48.4 Å². The van der Waals surface area contributed by atoms with Gasteiger partial charge in [0.25, 0.3) is 0 Å². The highest BCUT2D eigenvalue weighted by Gasteiger charge is 2.23. The molecule has 5 aromatic rings. The van der Waals surface area contributed by atoms with Crippen molar-refractivity contribution in [3.8, 4) is 0 Å². The minimum absolute atomic E-state index is 0.0251. The molecule has 0 saturated heterocycles. The van der Waals surface area contributed by atoms with Crippen LogP contribution in [0.1, 0.15) is 23.2 Å². The Hall–Kier alpha value is -3.66. The van der Waals surface area contributed by atoms with E-state index in [9.17, 15) is 0 Å². The summed E-state index contributed by atoms with van der Waals surface area (Å²) in [6, 6.07) is 24.3. The molecule has 0 saturated carbocycles. The van der Waals surface area contributed by atoms with Crippen molar-refractivity contribution in [3.63, 3.8) is 0 Å². The Morgan fingerprint density at radius 3 is 2.62 bits per heavy atom. The van der Waals surface area contributed by atoms with Crippen LogP contribution in [-0.2, 0) is 6.42 Å². The first-order valence-electron chi connectivity index (χ1n) is 11.8. The molecule has 0 radical (unpaired) electrons. The number of fused-ring (bicyclic) bond motifs is 6. The van der Waals surface area contributed by atoms with E-state index in [-0.39, 0.29) is 6.04 Å². The van der Waals surface area contributed by atoms with Gasteiger partial charge in [-0.2, -0.15) is 0 Å². The molecule has 0 aliphatic heterocycles. The summed E-state index contributed by atoms with van der Waals surface area (Å²) in [5.41, 5.74) is 14.1. The van der Waals surface area contributed by atoms with E-state index in [1.54, 1.807) is 0 Å². The average molecular weight is 457 g/mol. The van der Waals surface area contributed by atoms with Gasteiger partial charge in [-0.1, -0.05) is 85.0 Å². The van der Waals surface area contributed by atoms with E-state index in [4.69, 9.17) is 5.73 Å². The molecule has 0 fully saturated rings. The van der Waals surface area contributed by atoms with Crippen LogP contribution < -0.4 is 5.73 Å². The largest absolute Gasteiger partial charge is 0.324 e. The molecular weight excluding hydrogens is 432 g/mol. The van der Waals surface area contributed by atoms with Crippen LogP contribution in [-0.4, -0.2) is 10.6 Å². The quantitative estimate of drug-likeness (QED) is 0.289. The van der Waals surface area contributed by atoms with Crippen molar-refractivity contribution < 1.29 is 0 Å². The van der Waals surface area contributed by atoms with Crippen molar-refractivity contribution in [1.82, 2.24) is 4.57 Å². The second-order valence-electron chi connectivity index (χ2n) is 9.08. The molecule has 2 N–H and O–H groups in total. The van der Waals surface area contributed by atoms with Gasteiger partial charge in [0.05, 0.1) is 5.52 Å². The summed E-state index contributed by atoms with van der Waals surface area (Å²) < 4.78 is 5.12. The van der Waals surface area contributed by atoms with Gasteiger partial charge in [-0.05, 0) is 30.2 Å². The van der Waals surface area contributed by atoms with E-state index in [0.717, 1.165) is 12.8 Å². The van der Waals surface area contributed by atoms with Crippen molar-refractivity contribution in [3.05, 3.63) is 114 Å². The topological polar surface area (TPSA) is 30.9 Å². The zero-order chi connectivity index (χ0) is 22.6. The minimum Gasteiger partial charge on any atom is -0.324 e. The Labute approximate surface area is 202 Å². The van der Waals surface area contributed by atoms with E-state index >= 15 is 0 Å². The summed E-state index contributed by atoms with van der Waals surface area (Å²) in [6.45, 7) is 0. The van der Waals surface area contributed by atoms with E-state index in [1.807, 2.05) is 11.3 Å². The average Bonchev–Trinajstić information content (AvgIpc) is 3.28. The SMILES string of the molecule is NC1C=C(c2ccc3c(c2)sc2ccccc23)C(n2c3c(c4ccccc42)C=CC=CC3)=CC1. The van der Waals surface area contributed by atoms with Gasteiger partial charge in [-0.15, -0.1) is 11.3 Å². The summed E-state index contributed by atoms with van der Waals surface area (Å²) in [7, 11) is 0. The van der Waals surface area contributed by atoms with Gasteiger partial charge >= 0.3 is 0 Å². The lowest BCUT2D eigenvalue weighted by atomic mass is 9.93. The third-order valence-corrected chi connectivity index (χ3v) is 8.14. The van der Waals surface area contributed by atoms with Crippen LogP contribution >= 0.6 is 11.3 Å². The minimum atomic E-state index is 0.0251. The normalized spacial score (nSPS) is 17.7. The maximum Gasteiger partial charge on any atom is 0.0537 e. The maximum atomic E-state index is 6.48. The zero-order valence-corrected chi connectivity index (χ0v) is 19.6. The van der Waals surface area contributed by atoms with Gasteiger partial charge in [0.2, 0.25) is 0 Å². The first-order chi connectivity index (χ1) is 16.8. The molecule has 2 nitrogen and oxygen atoms in total. The molecule has 2 aliphatic rings. The first kappa shape index (κ1) is 19.8. The molecule has 2 heterocycles. The van der Waals surface area contributed by atoms with Gasteiger partial charge < -0.3 is 10.3 Å². The first-order valence-corrected chi connectivity index (χ1v) is 12.6. The van der Waals surface area contributed by atoms with E-state index in [1.165, 1.54) is 59.2 Å². The van der Waals surface area contributed by atoms with Crippen molar-refractivity contribution in [2.75, 3.05) is 0 Å². The number of para-hydroxylation sites is 1. The fourth-order valence-electron chi connectivity index (χ4n) is 5.46. The van der Waals surface area contributed by atoms with Crippen molar-refractivity contribution in [2.24, 2.45) is 5.73 Å². The highest BCUT2D eigenvalue weighted by molar-refractivity contribution is 7.25. The number of thiophene rings is 1. The number of hydrogen-bond acceptors (Lipinski definition) is 2. The number of rotatable bonds is 2. The van der Waals surface area contributed by atoms with Crippen molar-refractivity contribution in [2.45, 2.75) is 18.9 Å². The monoisotopic (exact) mass is 456 g/mol. The fraction of sp³-hybridized carbons (Fsp3) is 0.0968. The molecule has 34 heavy (non-hydrogen) atoms. The summed E-state index contributed by atoms with van der Waals surface area (Å²) in [5.74, 6) is 0. The molecule has 0 spiro atoms. The number of nitrogens with zero attached hydrogens (tertiary/aromatic N) is 1. The molecule has 1 unspecified atom stereocenters. The molecule has 3 aromatic carbocycles. The molecule has 0 bridgehead atoms. The smallest absolute Gasteiger partial charge is 0.0537 e. The lowest BCUT2D eigenvalue weighted by Crippen LogP contribution is -2.21. The van der Waals surface area contributed by atoms with Crippen molar-refractivity contribution in [1.29, 1.82) is 0 Å². The van der Waals surface area contributed by atoms with Crippen LogP contribution in [0.4, 0.5) is 0 Å². The molecule has 7 rings (SSSR count). The molecule has 1 atom stereocenters. The second kappa shape index (κ2) is 7.69. The zero-order valence-electron chi connectivity index (χ0n) is 18.7. The lowest BCUT2D eigenvalue weighted by Gasteiger charge is -2.24. The van der Waals surface area contributed by atoms with Crippen LogP contribution in [0.5, 0.6) is 0 Å². The molecule has 0 amide bonds. The number of allylic oxidation sites excluding steroid dienone is 5. The summed E-state index contributed by atoms with van der Waals surface area (Å²) in [5, 5.41) is 3.96. The predicted octanol–water partition coefficient (Wildman–Crippen LogP) is 7.79. The van der Waals surface area contributed by atoms with E-state index < -0.39 is 0 Å². The third-order valence-electron chi connectivity index (χ3n) is 7.01. The Morgan fingerprint density at radius 1 is 0.853 bits per heavy atom. The van der Waals surface area contributed by atoms with Gasteiger partial charge in [0, 0.05) is 60.5 Å². The summed E-state index contributed by atoms with van der Waals surface area (Å²) in [6.07, 6.45) is 15.1. The standard InChI is InChI=1S/C31H24N2S/c32-21-15-17-29(33-27-11-3-1-2-8-22(27)23-9-4-6-12-28(23)33)26(19-21)20-14-16-25-24-10-5-7-13-30(24)34-31(25)18-20/h1-10,12-14,16-19,21H,11,15,32H2. The van der Waals surface area contributed by atoms with Crippen molar-refractivity contribution >= 4 is 59.8 Å². The number of benzene rings is 3. The summed E-state index contributed by atoms with van der Waals surface area (Å²) >= 11 is 1.86. The van der Waals surface area contributed by atoms with Crippen LogP contribution in [0.2, 0.25) is 0 Å². The van der Waals surface area contributed by atoms with Gasteiger partial charge in [-0.25, -0.2) is 0 Å². The Bertz CT molecular complexity index is 1720. The van der Waals surface area contributed by atoms with Gasteiger partial charge in [0.1, 0.15) is 0 Å². The highest BCUT2D eigenvalue weighted by Crippen LogP contribution is 2.41. The molecule has 164 valence electrons. The molecular formula is C31H24N2S. The Kier molecular flexibility index (Phi) is 4.48. The van der Waals surface area contributed by atoms with Crippen LogP contribution in [0.3, 0.4) is 0 Å². The van der Waals surface area contributed by atoms with Crippen LogP contribution in [0, 0.1) is 0 Å². The Morgan fingerprint density at radius 2 is 1.68 bits per heavy atom. The number of aromatic nitrogens is 1. The number of nitrogens with two attached hydrogens (primary N) is 1. The predicted molar refractivity (Wildman–Crippen MR) is 148 cm³/mol. The number of hydrogen-bond donors (Lipinski definition) is 1.